The van der Waals surface area contributed by atoms with Crippen molar-refractivity contribution in [3.8, 4) is 0 Å². The lowest BCUT2D eigenvalue weighted by Crippen LogP contribution is -2.49. The molecule has 2 fully saturated rings. The van der Waals surface area contributed by atoms with Crippen LogP contribution < -0.4 is 15.5 Å². The minimum Gasteiger partial charge on any atom is -0.366 e. The van der Waals surface area contributed by atoms with Gasteiger partial charge in [0.05, 0.1) is 11.4 Å². The van der Waals surface area contributed by atoms with Gasteiger partial charge in [0, 0.05) is 69.9 Å². The Morgan fingerprint density at radius 3 is 1.88 bits per heavy atom. The van der Waals surface area contributed by atoms with Crippen LogP contribution in [-0.2, 0) is 10.2 Å². The summed E-state index contributed by atoms with van der Waals surface area (Å²) < 4.78 is 0. The molecule has 2 aliphatic rings. The molecule has 0 aliphatic carbocycles. The molecule has 0 aromatic heterocycles. The number of anilines is 2. The standard InChI is InChI=1S/C32H45N5O3/c1-31(2,3)22-28(38)34-26-21-24(30(40)36-15-13-33-14-16-36)9-12-27(26)35-17-19-37(20-18-35)29(39)23-7-10-25(11-8-23)32(4,5)6/h7-12,21,33H,13-20,22H2,1-6H3,(H,34,38). The van der Waals surface area contributed by atoms with Gasteiger partial charge in [-0.3, -0.25) is 14.4 Å². The fraction of sp³-hybridized carbons (Fsp3) is 0.531. The summed E-state index contributed by atoms with van der Waals surface area (Å²) in [6, 6.07) is 13.5. The molecule has 2 aliphatic heterocycles. The van der Waals surface area contributed by atoms with Gasteiger partial charge in [-0.1, -0.05) is 53.7 Å². The molecule has 2 saturated heterocycles. The Morgan fingerprint density at radius 2 is 1.30 bits per heavy atom. The number of hydrogen-bond acceptors (Lipinski definition) is 5. The molecule has 2 aromatic rings. The molecule has 216 valence electrons. The van der Waals surface area contributed by atoms with Crippen molar-refractivity contribution in [3.63, 3.8) is 0 Å². The van der Waals surface area contributed by atoms with Gasteiger partial charge in [-0.2, -0.15) is 0 Å². The highest BCUT2D eigenvalue weighted by molar-refractivity contribution is 6.00. The summed E-state index contributed by atoms with van der Waals surface area (Å²) in [5.41, 5.74) is 3.88. The Kier molecular flexibility index (Phi) is 8.88. The van der Waals surface area contributed by atoms with Crippen LogP contribution in [0.5, 0.6) is 0 Å². The van der Waals surface area contributed by atoms with Crippen LogP contribution in [0.25, 0.3) is 0 Å². The second kappa shape index (κ2) is 12.0. The van der Waals surface area contributed by atoms with E-state index in [1.807, 2.05) is 73.0 Å². The number of piperazine rings is 2. The number of benzene rings is 2. The van der Waals surface area contributed by atoms with Crippen LogP contribution in [0.2, 0.25) is 0 Å². The quantitative estimate of drug-likeness (QED) is 0.581. The number of nitrogens with zero attached hydrogens (tertiary/aromatic N) is 3. The SMILES string of the molecule is CC(C)(C)CC(=O)Nc1cc(C(=O)N2CCNCC2)ccc1N1CCN(C(=O)c2ccc(C(C)(C)C)cc2)CC1. The van der Waals surface area contributed by atoms with Crippen molar-refractivity contribution in [1.82, 2.24) is 15.1 Å². The maximum atomic E-state index is 13.2. The molecule has 0 unspecified atom stereocenters. The zero-order chi connectivity index (χ0) is 29.1. The summed E-state index contributed by atoms with van der Waals surface area (Å²) in [5, 5.41) is 6.37. The number of carbonyl (C=O) groups is 3. The van der Waals surface area contributed by atoms with Crippen molar-refractivity contribution in [1.29, 1.82) is 0 Å². The fourth-order valence-corrected chi connectivity index (χ4v) is 5.22. The van der Waals surface area contributed by atoms with Crippen molar-refractivity contribution in [2.75, 3.05) is 62.6 Å². The van der Waals surface area contributed by atoms with E-state index in [2.05, 4.69) is 36.3 Å². The fourth-order valence-electron chi connectivity index (χ4n) is 5.22. The average Bonchev–Trinajstić information content (AvgIpc) is 2.91. The molecule has 0 atom stereocenters. The first-order valence-corrected chi connectivity index (χ1v) is 14.4. The average molecular weight is 548 g/mol. The van der Waals surface area contributed by atoms with E-state index < -0.39 is 0 Å². The maximum Gasteiger partial charge on any atom is 0.254 e. The van der Waals surface area contributed by atoms with E-state index in [9.17, 15) is 14.4 Å². The Labute approximate surface area is 239 Å². The van der Waals surface area contributed by atoms with Gasteiger partial charge in [0.15, 0.2) is 0 Å². The Bertz CT molecular complexity index is 1210. The normalized spacial score (nSPS) is 16.6. The lowest BCUT2D eigenvalue weighted by Gasteiger charge is -2.37. The van der Waals surface area contributed by atoms with Gasteiger partial charge < -0.3 is 25.3 Å². The Morgan fingerprint density at radius 1 is 0.750 bits per heavy atom. The number of rotatable bonds is 5. The van der Waals surface area contributed by atoms with Crippen LogP contribution in [0.4, 0.5) is 11.4 Å². The molecule has 2 N–H and O–H groups in total. The zero-order valence-electron chi connectivity index (χ0n) is 25.0. The van der Waals surface area contributed by atoms with Gasteiger partial charge in [0.25, 0.3) is 11.8 Å². The van der Waals surface area contributed by atoms with Gasteiger partial charge in [0.1, 0.15) is 0 Å². The third-order valence-corrected chi connectivity index (χ3v) is 7.52. The predicted molar refractivity (Wildman–Crippen MR) is 161 cm³/mol. The van der Waals surface area contributed by atoms with Gasteiger partial charge in [-0.15, -0.1) is 0 Å². The monoisotopic (exact) mass is 547 g/mol. The number of hydrogen-bond donors (Lipinski definition) is 2. The van der Waals surface area contributed by atoms with Gasteiger partial charge in [-0.05, 0) is 46.7 Å². The molecule has 0 spiro atoms. The highest BCUT2D eigenvalue weighted by atomic mass is 16.2. The van der Waals surface area contributed by atoms with E-state index in [1.165, 1.54) is 5.56 Å². The van der Waals surface area contributed by atoms with E-state index in [-0.39, 0.29) is 28.6 Å². The molecule has 2 heterocycles. The molecule has 0 saturated carbocycles. The first-order chi connectivity index (χ1) is 18.8. The Hall–Kier alpha value is -3.39. The largest absolute Gasteiger partial charge is 0.366 e. The van der Waals surface area contributed by atoms with Crippen LogP contribution in [0.1, 0.15) is 74.2 Å². The number of amides is 3. The predicted octanol–water partition coefficient (Wildman–Crippen LogP) is 4.37. The van der Waals surface area contributed by atoms with Crippen molar-refractivity contribution in [3.05, 3.63) is 59.2 Å². The van der Waals surface area contributed by atoms with Gasteiger partial charge in [0.2, 0.25) is 5.91 Å². The summed E-state index contributed by atoms with van der Waals surface area (Å²) in [4.78, 5) is 45.3. The maximum absolute atomic E-state index is 13.2. The van der Waals surface area contributed by atoms with Crippen LogP contribution in [0.3, 0.4) is 0 Å². The van der Waals surface area contributed by atoms with Gasteiger partial charge >= 0.3 is 0 Å². The first-order valence-electron chi connectivity index (χ1n) is 14.4. The molecule has 0 bridgehead atoms. The second-order valence-corrected chi connectivity index (χ2v) is 13.2. The molecule has 2 aromatic carbocycles. The third kappa shape index (κ3) is 7.42. The van der Waals surface area contributed by atoms with Crippen LogP contribution in [-0.4, -0.2) is 79.9 Å². The molecule has 3 amide bonds. The molecule has 8 nitrogen and oxygen atoms in total. The van der Waals surface area contributed by atoms with Crippen LogP contribution in [0, 0.1) is 5.41 Å². The second-order valence-electron chi connectivity index (χ2n) is 13.2. The zero-order valence-corrected chi connectivity index (χ0v) is 25.0. The summed E-state index contributed by atoms with van der Waals surface area (Å²) >= 11 is 0. The van der Waals surface area contributed by atoms with Crippen LogP contribution >= 0.6 is 0 Å². The van der Waals surface area contributed by atoms with Crippen LogP contribution in [0.15, 0.2) is 42.5 Å². The van der Waals surface area contributed by atoms with E-state index in [0.29, 0.717) is 62.5 Å². The van der Waals surface area contributed by atoms with E-state index in [1.54, 1.807) is 0 Å². The lowest BCUT2D eigenvalue weighted by molar-refractivity contribution is -0.117. The molecule has 4 rings (SSSR count). The minimum absolute atomic E-state index is 0.0211. The van der Waals surface area contributed by atoms with E-state index in [4.69, 9.17) is 0 Å². The van der Waals surface area contributed by atoms with Crippen molar-refractivity contribution < 1.29 is 14.4 Å². The summed E-state index contributed by atoms with van der Waals surface area (Å²) in [6.45, 7) is 17.9. The highest BCUT2D eigenvalue weighted by Gasteiger charge is 2.27. The highest BCUT2D eigenvalue weighted by Crippen LogP contribution is 2.31. The first kappa shape index (κ1) is 29.6. The molecule has 8 heteroatoms. The summed E-state index contributed by atoms with van der Waals surface area (Å²) in [6.07, 6.45) is 0.374. The van der Waals surface area contributed by atoms with Gasteiger partial charge in [-0.25, -0.2) is 0 Å². The Balaban J connectivity index is 1.49. The van der Waals surface area contributed by atoms with Crippen molar-refractivity contribution >= 4 is 29.1 Å². The van der Waals surface area contributed by atoms with Crippen molar-refractivity contribution in [2.24, 2.45) is 5.41 Å². The molecule has 40 heavy (non-hydrogen) atoms. The molecule has 0 radical (unpaired) electrons. The lowest BCUT2D eigenvalue weighted by atomic mass is 9.86. The van der Waals surface area contributed by atoms with Crippen molar-refractivity contribution in [2.45, 2.75) is 53.4 Å². The van der Waals surface area contributed by atoms with E-state index in [0.717, 1.165) is 18.8 Å². The molecular formula is C32H45N5O3. The summed E-state index contributed by atoms with van der Waals surface area (Å²) in [7, 11) is 0. The minimum atomic E-state index is -0.157. The summed E-state index contributed by atoms with van der Waals surface area (Å²) in [5.74, 6) is -0.0592. The molecular weight excluding hydrogens is 502 g/mol. The number of carbonyl (C=O) groups excluding carboxylic acids is 3. The van der Waals surface area contributed by atoms with E-state index >= 15 is 0 Å². The third-order valence-electron chi connectivity index (χ3n) is 7.52. The number of nitrogens with one attached hydrogen (secondary N) is 2. The smallest absolute Gasteiger partial charge is 0.254 e. The topological polar surface area (TPSA) is 85.0 Å².